The van der Waals surface area contributed by atoms with Crippen LogP contribution >= 0.6 is 0 Å². The van der Waals surface area contributed by atoms with Gasteiger partial charge >= 0.3 is 6.09 Å². The molecule has 0 saturated carbocycles. The third-order valence-corrected chi connectivity index (χ3v) is 2.01. The fourth-order valence-electron chi connectivity index (χ4n) is 1.35. The molecule has 0 aromatic carbocycles. The van der Waals surface area contributed by atoms with Crippen molar-refractivity contribution >= 4 is 12.0 Å². The molecule has 0 aromatic heterocycles. The molecule has 1 aliphatic rings. The van der Waals surface area contributed by atoms with Crippen molar-refractivity contribution in [1.29, 1.82) is 0 Å². The van der Waals surface area contributed by atoms with Crippen molar-refractivity contribution in [3.05, 3.63) is 12.2 Å². The van der Waals surface area contributed by atoms with E-state index in [2.05, 4.69) is 0 Å². The van der Waals surface area contributed by atoms with Gasteiger partial charge in [-0.15, -0.1) is 0 Å². The van der Waals surface area contributed by atoms with Crippen molar-refractivity contribution in [3.63, 3.8) is 0 Å². The number of carbonyl (C=O) groups excluding carboxylic acids is 2. The minimum absolute atomic E-state index is 0.127. The molecule has 0 aromatic rings. The first-order valence-electron chi connectivity index (χ1n) is 5.04. The summed E-state index contributed by atoms with van der Waals surface area (Å²) in [7, 11) is 0. The van der Waals surface area contributed by atoms with Crippen molar-refractivity contribution < 1.29 is 14.3 Å². The van der Waals surface area contributed by atoms with E-state index in [1.165, 1.54) is 6.08 Å². The van der Waals surface area contributed by atoms with Gasteiger partial charge < -0.3 is 4.74 Å². The minimum Gasteiger partial charge on any atom is -0.443 e. The summed E-state index contributed by atoms with van der Waals surface area (Å²) in [5.74, 6) is -0.303. The molecule has 1 rings (SSSR count). The lowest BCUT2D eigenvalue weighted by atomic mass is 10.1. The number of imide groups is 1. The van der Waals surface area contributed by atoms with E-state index in [9.17, 15) is 9.59 Å². The average Bonchev–Trinajstić information content (AvgIpc) is 1.99. The van der Waals surface area contributed by atoms with Crippen LogP contribution in [0.5, 0.6) is 0 Å². The van der Waals surface area contributed by atoms with Gasteiger partial charge in [0.25, 0.3) is 5.91 Å². The molecule has 1 heterocycles. The first kappa shape index (κ1) is 11.8. The molecule has 0 spiro atoms. The van der Waals surface area contributed by atoms with Crippen LogP contribution in [0.25, 0.3) is 0 Å². The van der Waals surface area contributed by atoms with Crippen LogP contribution in [-0.4, -0.2) is 28.5 Å². The van der Waals surface area contributed by atoms with Crippen molar-refractivity contribution in [2.75, 3.05) is 0 Å². The van der Waals surface area contributed by atoms with Crippen molar-refractivity contribution in [2.24, 2.45) is 0 Å². The summed E-state index contributed by atoms with van der Waals surface area (Å²) in [6.07, 6.45) is 3.30. The second kappa shape index (κ2) is 4.04. The third kappa shape index (κ3) is 3.08. The van der Waals surface area contributed by atoms with E-state index in [4.69, 9.17) is 4.74 Å². The van der Waals surface area contributed by atoms with Gasteiger partial charge in [-0.1, -0.05) is 6.08 Å². The highest BCUT2D eigenvalue weighted by atomic mass is 16.6. The number of hydrogen-bond acceptors (Lipinski definition) is 3. The number of nitrogens with zero attached hydrogens (tertiary/aromatic N) is 1. The molecule has 84 valence electrons. The molecule has 4 nitrogen and oxygen atoms in total. The van der Waals surface area contributed by atoms with E-state index >= 15 is 0 Å². The Morgan fingerprint density at radius 3 is 2.60 bits per heavy atom. The molecule has 4 heteroatoms. The zero-order valence-electron chi connectivity index (χ0n) is 9.61. The van der Waals surface area contributed by atoms with E-state index in [0.717, 1.165) is 4.90 Å². The van der Waals surface area contributed by atoms with E-state index in [-0.39, 0.29) is 11.9 Å². The number of hydrogen-bond donors (Lipinski definition) is 0. The van der Waals surface area contributed by atoms with Crippen LogP contribution in [0.4, 0.5) is 4.79 Å². The standard InChI is InChI=1S/C11H17NO3/c1-8-6-5-7-9(13)12(8)10(14)15-11(2,3)4/h5,7-8H,6H2,1-4H3. The Kier molecular flexibility index (Phi) is 3.17. The molecule has 0 radical (unpaired) electrons. The molecule has 0 aliphatic carbocycles. The Hall–Kier alpha value is -1.32. The minimum atomic E-state index is -0.571. The molecule has 0 N–H and O–H groups in total. The average molecular weight is 211 g/mol. The maximum atomic E-state index is 11.7. The number of ether oxygens (including phenoxy) is 1. The quantitative estimate of drug-likeness (QED) is 0.616. The molecule has 1 unspecified atom stereocenters. The van der Waals surface area contributed by atoms with Gasteiger partial charge in [0.2, 0.25) is 0 Å². The highest BCUT2D eigenvalue weighted by Crippen LogP contribution is 2.16. The van der Waals surface area contributed by atoms with Crippen LogP contribution in [0.1, 0.15) is 34.1 Å². The van der Waals surface area contributed by atoms with Gasteiger partial charge in [0.1, 0.15) is 5.60 Å². The zero-order valence-corrected chi connectivity index (χ0v) is 9.61. The molecule has 0 fully saturated rings. The Morgan fingerprint density at radius 2 is 2.13 bits per heavy atom. The predicted octanol–water partition coefficient (Wildman–Crippen LogP) is 2.10. The zero-order chi connectivity index (χ0) is 11.6. The summed E-state index contributed by atoms with van der Waals surface area (Å²) in [4.78, 5) is 24.3. The molecule has 1 aliphatic heterocycles. The summed E-state index contributed by atoms with van der Waals surface area (Å²) in [6.45, 7) is 7.16. The third-order valence-electron chi connectivity index (χ3n) is 2.01. The highest BCUT2D eigenvalue weighted by Gasteiger charge is 2.31. The van der Waals surface area contributed by atoms with Crippen LogP contribution in [0, 0.1) is 0 Å². The van der Waals surface area contributed by atoms with Crippen LogP contribution in [-0.2, 0) is 9.53 Å². The van der Waals surface area contributed by atoms with Crippen molar-refractivity contribution in [2.45, 2.75) is 45.8 Å². The maximum Gasteiger partial charge on any atom is 0.417 e. The summed E-state index contributed by atoms with van der Waals surface area (Å²) in [6, 6.07) is -0.127. The smallest absolute Gasteiger partial charge is 0.417 e. The summed E-state index contributed by atoms with van der Waals surface area (Å²) < 4.78 is 5.15. The second-order valence-corrected chi connectivity index (χ2v) is 4.68. The van der Waals surface area contributed by atoms with Gasteiger partial charge in [0, 0.05) is 6.04 Å². The largest absolute Gasteiger partial charge is 0.443 e. The second-order valence-electron chi connectivity index (χ2n) is 4.68. The lowest BCUT2D eigenvalue weighted by molar-refractivity contribution is -0.127. The van der Waals surface area contributed by atoms with E-state index in [1.54, 1.807) is 26.8 Å². The van der Waals surface area contributed by atoms with E-state index in [1.807, 2.05) is 6.92 Å². The topological polar surface area (TPSA) is 46.6 Å². The van der Waals surface area contributed by atoms with Gasteiger partial charge in [-0.05, 0) is 40.2 Å². The van der Waals surface area contributed by atoms with Gasteiger partial charge in [-0.2, -0.15) is 0 Å². The lowest BCUT2D eigenvalue weighted by Crippen LogP contribution is -2.46. The SMILES string of the molecule is CC1CC=CC(=O)N1C(=O)OC(C)(C)C. The molecule has 1 atom stereocenters. The van der Waals surface area contributed by atoms with Crippen LogP contribution in [0.3, 0.4) is 0 Å². The molecular formula is C11H17NO3. The van der Waals surface area contributed by atoms with Crippen LogP contribution < -0.4 is 0 Å². The summed E-state index contributed by atoms with van der Waals surface area (Å²) >= 11 is 0. The highest BCUT2D eigenvalue weighted by molar-refractivity contribution is 5.99. The van der Waals surface area contributed by atoms with E-state index < -0.39 is 11.7 Å². The van der Waals surface area contributed by atoms with E-state index in [0.29, 0.717) is 6.42 Å². The summed E-state index contributed by atoms with van der Waals surface area (Å²) in [5.41, 5.74) is -0.571. The number of carbonyl (C=O) groups is 2. The van der Waals surface area contributed by atoms with Gasteiger partial charge in [0.15, 0.2) is 0 Å². The Morgan fingerprint density at radius 1 is 1.53 bits per heavy atom. The number of amides is 2. The Bertz CT molecular complexity index is 301. The monoisotopic (exact) mass is 211 g/mol. The fourth-order valence-corrected chi connectivity index (χ4v) is 1.35. The Labute approximate surface area is 89.9 Å². The van der Waals surface area contributed by atoms with Gasteiger partial charge in [-0.25, -0.2) is 9.69 Å². The molecule has 2 amide bonds. The number of rotatable bonds is 0. The Balaban J connectivity index is 2.74. The molecule has 0 bridgehead atoms. The van der Waals surface area contributed by atoms with Crippen molar-refractivity contribution in [1.82, 2.24) is 4.90 Å². The predicted molar refractivity (Wildman–Crippen MR) is 56.3 cm³/mol. The van der Waals surface area contributed by atoms with Crippen molar-refractivity contribution in [3.8, 4) is 0 Å². The van der Waals surface area contributed by atoms with Crippen LogP contribution in [0.15, 0.2) is 12.2 Å². The first-order valence-corrected chi connectivity index (χ1v) is 5.04. The van der Waals surface area contributed by atoms with Crippen LogP contribution in [0.2, 0.25) is 0 Å². The maximum absolute atomic E-state index is 11.7. The normalized spacial score (nSPS) is 21.7. The summed E-state index contributed by atoms with van der Waals surface area (Å²) in [5, 5.41) is 0. The first-order chi connectivity index (χ1) is 6.81. The molecule has 15 heavy (non-hydrogen) atoms. The molecule has 0 saturated heterocycles. The lowest BCUT2D eigenvalue weighted by Gasteiger charge is -2.30. The fraction of sp³-hybridized carbons (Fsp3) is 0.636. The van der Waals surface area contributed by atoms with Gasteiger partial charge in [0.05, 0.1) is 0 Å². The van der Waals surface area contributed by atoms with Gasteiger partial charge in [-0.3, -0.25) is 4.79 Å². The molecular weight excluding hydrogens is 194 g/mol.